The third-order valence-electron chi connectivity index (χ3n) is 3.41. The highest BCUT2D eigenvalue weighted by Gasteiger charge is 2.32. The molecule has 0 saturated carbocycles. The van der Waals surface area contributed by atoms with Crippen molar-refractivity contribution in [1.82, 2.24) is 10.3 Å². The molecular formula is C14H23N3S2. The molecule has 1 saturated heterocycles. The number of anilines is 1. The fraction of sp³-hybridized carbons (Fsp3) is 0.643. The van der Waals surface area contributed by atoms with Crippen molar-refractivity contribution in [2.24, 2.45) is 0 Å². The number of nitrogens with zero attached hydrogens (tertiary/aromatic N) is 1. The summed E-state index contributed by atoms with van der Waals surface area (Å²) in [5.74, 6) is 3.14. The third kappa shape index (κ3) is 3.58. The second-order valence-corrected chi connectivity index (χ2v) is 7.70. The van der Waals surface area contributed by atoms with Crippen LogP contribution in [-0.2, 0) is 0 Å². The highest BCUT2D eigenvalue weighted by atomic mass is 32.2. The molecule has 1 aromatic rings. The predicted octanol–water partition coefficient (Wildman–Crippen LogP) is 2.86. The van der Waals surface area contributed by atoms with Gasteiger partial charge in [-0.05, 0) is 25.1 Å². The fourth-order valence-corrected chi connectivity index (χ4v) is 5.43. The molecule has 3 nitrogen and oxygen atoms in total. The van der Waals surface area contributed by atoms with Crippen LogP contribution < -0.4 is 11.1 Å². The number of rotatable bonds is 4. The fourth-order valence-electron chi connectivity index (χ4n) is 2.49. The number of nitrogens with two attached hydrogens (primary N) is 1. The van der Waals surface area contributed by atoms with Gasteiger partial charge in [0.1, 0.15) is 5.82 Å². The molecule has 0 aliphatic carbocycles. The molecule has 1 fully saturated rings. The first-order valence-corrected chi connectivity index (χ1v) is 8.91. The zero-order chi connectivity index (χ0) is 13.8. The molecule has 1 aromatic heterocycles. The smallest absolute Gasteiger partial charge is 0.128 e. The Hall–Kier alpha value is -0.390. The predicted molar refractivity (Wildman–Crippen MR) is 88.0 cm³/mol. The molecular weight excluding hydrogens is 274 g/mol. The summed E-state index contributed by atoms with van der Waals surface area (Å²) in [5.41, 5.74) is 8.44. The molecule has 0 bridgehead atoms. The standard InChI is InChI=1S/C14H23N3S2/c1-4-16-12(13-10(3)18-5-6-19-13)11-7-9(2)8-17-14(11)15/h7-8,10,12-13,16H,4-6H2,1-3H3,(H2,15,17). The Labute approximate surface area is 124 Å². The highest BCUT2D eigenvalue weighted by Crippen LogP contribution is 2.39. The number of hydrogen-bond acceptors (Lipinski definition) is 5. The largest absolute Gasteiger partial charge is 0.383 e. The Morgan fingerprint density at radius 1 is 1.47 bits per heavy atom. The van der Waals surface area contributed by atoms with Crippen molar-refractivity contribution in [3.05, 3.63) is 23.4 Å². The van der Waals surface area contributed by atoms with Gasteiger partial charge >= 0.3 is 0 Å². The van der Waals surface area contributed by atoms with Crippen molar-refractivity contribution < 1.29 is 0 Å². The molecule has 0 amide bonds. The zero-order valence-corrected chi connectivity index (χ0v) is 13.5. The maximum atomic E-state index is 6.11. The Morgan fingerprint density at radius 2 is 2.21 bits per heavy atom. The first-order valence-electron chi connectivity index (χ1n) is 6.82. The lowest BCUT2D eigenvalue weighted by Crippen LogP contribution is -2.38. The first-order chi connectivity index (χ1) is 9.13. The Kier molecular flexibility index (Phi) is 5.42. The molecule has 106 valence electrons. The van der Waals surface area contributed by atoms with Gasteiger partial charge in [-0.1, -0.05) is 13.8 Å². The first kappa shape index (κ1) is 15.0. The van der Waals surface area contributed by atoms with E-state index in [9.17, 15) is 0 Å². The number of hydrogen-bond donors (Lipinski definition) is 2. The molecule has 1 aliphatic heterocycles. The van der Waals surface area contributed by atoms with Crippen LogP contribution in [0.2, 0.25) is 0 Å². The van der Waals surface area contributed by atoms with E-state index in [2.05, 4.69) is 60.7 Å². The molecule has 19 heavy (non-hydrogen) atoms. The summed E-state index contributed by atoms with van der Waals surface area (Å²) in [6.45, 7) is 7.50. The normalized spacial score (nSPS) is 25.2. The maximum Gasteiger partial charge on any atom is 0.128 e. The van der Waals surface area contributed by atoms with E-state index in [0.717, 1.165) is 12.1 Å². The zero-order valence-electron chi connectivity index (χ0n) is 11.8. The topological polar surface area (TPSA) is 50.9 Å². The summed E-state index contributed by atoms with van der Waals surface area (Å²) in [6, 6.07) is 2.48. The number of aryl methyl sites for hydroxylation is 1. The lowest BCUT2D eigenvalue weighted by atomic mass is 10.0. The van der Waals surface area contributed by atoms with Gasteiger partial charge in [-0.2, -0.15) is 23.5 Å². The quantitative estimate of drug-likeness (QED) is 0.895. The van der Waals surface area contributed by atoms with Crippen molar-refractivity contribution in [3.8, 4) is 0 Å². The van der Waals surface area contributed by atoms with Crippen LogP contribution in [0.25, 0.3) is 0 Å². The lowest BCUT2D eigenvalue weighted by Gasteiger charge is -2.35. The van der Waals surface area contributed by atoms with Gasteiger partial charge in [0.15, 0.2) is 0 Å². The van der Waals surface area contributed by atoms with Gasteiger partial charge in [0.25, 0.3) is 0 Å². The molecule has 0 spiro atoms. The molecule has 1 aliphatic rings. The van der Waals surface area contributed by atoms with Crippen LogP contribution in [0.4, 0.5) is 5.82 Å². The van der Waals surface area contributed by atoms with Gasteiger partial charge < -0.3 is 11.1 Å². The van der Waals surface area contributed by atoms with E-state index in [1.54, 1.807) is 0 Å². The van der Waals surface area contributed by atoms with Crippen molar-refractivity contribution in [1.29, 1.82) is 0 Å². The molecule has 3 unspecified atom stereocenters. The minimum atomic E-state index is 0.296. The molecule has 5 heteroatoms. The lowest BCUT2D eigenvalue weighted by molar-refractivity contribution is 0.525. The van der Waals surface area contributed by atoms with Gasteiger partial charge in [-0.3, -0.25) is 0 Å². The van der Waals surface area contributed by atoms with E-state index in [4.69, 9.17) is 5.73 Å². The van der Waals surface area contributed by atoms with Gasteiger partial charge in [-0.25, -0.2) is 4.98 Å². The summed E-state index contributed by atoms with van der Waals surface area (Å²) in [5, 5.41) is 4.81. The van der Waals surface area contributed by atoms with Gasteiger partial charge in [0.05, 0.1) is 0 Å². The van der Waals surface area contributed by atoms with Crippen LogP contribution in [0, 0.1) is 6.92 Å². The van der Waals surface area contributed by atoms with Crippen LogP contribution >= 0.6 is 23.5 Å². The average Bonchev–Trinajstić information content (AvgIpc) is 2.40. The number of aromatic nitrogens is 1. The Morgan fingerprint density at radius 3 is 2.89 bits per heavy atom. The summed E-state index contributed by atoms with van der Waals surface area (Å²) in [4.78, 5) is 4.32. The minimum absolute atomic E-state index is 0.296. The molecule has 3 atom stereocenters. The molecule has 0 aromatic carbocycles. The summed E-state index contributed by atoms with van der Waals surface area (Å²) >= 11 is 4.13. The second kappa shape index (κ2) is 6.86. The van der Waals surface area contributed by atoms with Crippen molar-refractivity contribution in [3.63, 3.8) is 0 Å². The SMILES string of the molecule is CCNC(c1cc(C)cnc1N)C1SCCSC1C. The van der Waals surface area contributed by atoms with Crippen molar-refractivity contribution >= 4 is 29.3 Å². The second-order valence-electron chi connectivity index (χ2n) is 4.93. The summed E-state index contributed by atoms with van der Waals surface area (Å²) in [7, 11) is 0. The van der Waals surface area contributed by atoms with Crippen LogP contribution in [-0.4, -0.2) is 33.5 Å². The van der Waals surface area contributed by atoms with E-state index in [0.29, 0.717) is 22.4 Å². The molecule has 3 N–H and O–H groups in total. The summed E-state index contributed by atoms with van der Waals surface area (Å²) in [6.07, 6.45) is 1.84. The Bertz CT molecular complexity index is 425. The van der Waals surface area contributed by atoms with Crippen molar-refractivity contribution in [2.75, 3.05) is 23.8 Å². The number of nitrogens with one attached hydrogen (secondary N) is 1. The van der Waals surface area contributed by atoms with Crippen LogP contribution in [0.3, 0.4) is 0 Å². The van der Waals surface area contributed by atoms with Gasteiger partial charge in [0, 0.05) is 39.8 Å². The van der Waals surface area contributed by atoms with Gasteiger partial charge in [-0.15, -0.1) is 0 Å². The molecule has 2 heterocycles. The summed E-state index contributed by atoms with van der Waals surface area (Å²) < 4.78 is 0. The minimum Gasteiger partial charge on any atom is -0.383 e. The number of pyridine rings is 1. The van der Waals surface area contributed by atoms with E-state index in [1.165, 1.54) is 17.1 Å². The maximum absolute atomic E-state index is 6.11. The van der Waals surface area contributed by atoms with E-state index >= 15 is 0 Å². The van der Waals surface area contributed by atoms with Crippen LogP contribution in [0.15, 0.2) is 12.3 Å². The Balaban J connectivity index is 2.30. The van der Waals surface area contributed by atoms with Crippen LogP contribution in [0.1, 0.15) is 31.0 Å². The number of thioether (sulfide) groups is 2. The van der Waals surface area contributed by atoms with Crippen LogP contribution in [0.5, 0.6) is 0 Å². The van der Waals surface area contributed by atoms with Gasteiger partial charge in [0.2, 0.25) is 0 Å². The van der Waals surface area contributed by atoms with Crippen molar-refractivity contribution in [2.45, 2.75) is 37.3 Å². The van der Waals surface area contributed by atoms with E-state index in [1.807, 2.05) is 6.20 Å². The molecule has 2 rings (SSSR count). The monoisotopic (exact) mass is 297 g/mol. The third-order valence-corrected chi connectivity index (χ3v) is 6.61. The number of nitrogen functional groups attached to an aromatic ring is 1. The average molecular weight is 297 g/mol. The highest BCUT2D eigenvalue weighted by molar-refractivity contribution is 8.07. The van der Waals surface area contributed by atoms with E-state index in [-0.39, 0.29) is 0 Å². The molecule has 0 radical (unpaired) electrons. The van der Waals surface area contributed by atoms with E-state index < -0.39 is 0 Å².